The Bertz CT molecular complexity index is 79.0. The first-order valence-electron chi connectivity index (χ1n) is 2.72. The monoisotopic (exact) mass is 159 g/mol. The molecular weight excluding hydrogens is 151 g/mol. The second kappa shape index (κ2) is 4.36. The van der Waals surface area contributed by atoms with Crippen molar-refractivity contribution in [3.8, 4) is 0 Å². The fourth-order valence-corrected chi connectivity index (χ4v) is 0.722. The van der Waals surface area contributed by atoms with E-state index in [0.717, 1.165) is 0 Å². The largest absolute Gasteiger partial charge is 1.00 e. The van der Waals surface area contributed by atoms with Gasteiger partial charge in [0.2, 0.25) is 5.92 Å². The van der Waals surface area contributed by atoms with Gasteiger partial charge in [0, 0.05) is 0 Å². The first-order valence-corrected chi connectivity index (χ1v) is 2.72. The number of rotatable bonds is 0. The second-order valence-corrected chi connectivity index (χ2v) is 2.03. The standard InChI is InChI=1S/C5H8F2N.K/c6-5(7)1-3-8-4-2-5;/h1-4H2;/q-1;+1. The smallest absolute Gasteiger partial charge is 0.662 e. The molecule has 1 nitrogen and oxygen atoms in total. The minimum atomic E-state index is -2.41. The van der Waals surface area contributed by atoms with Crippen molar-refractivity contribution in [3.05, 3.63) is 5.32 Å². The summed E-state index contributed by atoms with van der Waals surface area (Å²) in [5, 5.41) is 3.79. The predicted molar refractivity (Wildman–Crippen MR) is 27.3 cm³/mol. The average molecular weight is 159 g/mol. The molecule has 0 aliphatic carbocycles. The van der Waals surface area contributed by atoms with Gasteiger partial charge in [-0.25, -0.2) is 8.78 Å². The van der Waals surface area contributed by atoms with Crippen LogP contribution in [0.2, 0.25) is 0 Å². The third-order valence-electron chi connectivity index (χ3n) is 1.27. The Morgan fingerprint density at radius 1 is 1.11 bits per heavy atom. The molecule has 1 saturated heterocycles. The fraction of sp³-hybridized carbons (Fsp3) is 1.00. The topological polar surface area (TPSA) is 14.1 Å². The zero-order chi connectivity index (χ0) is 6.04. The van der Waals surface area contributed by atoms with Crippen molar-refractivity contribution in [2.24, 2.45) is 0 Å². The van der Waals surface area contributed by atoms with Gasteiger partial charge in [0.25, 0.3) is 0 Å². The van der Waals surface area contributed by atoms with Crippen molar-refractivity contribution in [3.63, 3.8) is 0 Å². The van der Waals surface area contributed by atoms with Gasteiger partial charge in [-0.1, -0.05) is 0 Å². The quantitative estimate of drug-likeness (QED) is 0.394. The first kappa shape index (κ1) is 10.5. The van der Waals surface area contributed by atoms with Crippen LogP contribution in [0.5, 0.6) is 0 Å². The van der Waals surface area contributed by atoms with Crippen LogP contribution in [-0.2, 0) is 0 Å². The molecule has 1 fully saturated rings. The van der Waals surface area contributed by atoms with Gasteiger partial charge in [0.05, 0.1) is 0 Å². The van der Waals surface area contributed by atoms with Gasteiger partial charge in [0.1, 0.15) is 0 Å². The summed E-state index contributed by atoms with van der Waals surface area (Å²) in [6.45, 7) is 0.681. The maximum Gasteiger partial charge on any atom is 1.00 e. The van der Waals surface area contributed by atoms with Gasteiger partial charge in [-0.2, -0.15) is 0 Å². The van der Waals surface area contributed by atoms with Crippen LogP contribution in [0.4, 0.5) is 8.78 Å². The van der Waals surface area contributed by atoms with E-state index in [1.54, 1.807) is 0 Å². The summed E-state index contributed by atoms with van der Waals surface area (Å²) >= 11 is 0. The van der Waals surface area contributed by atoms with Crippen LogP contribution in [0.1, 0.15) is 12.8 Å². The zero-order valence-corrected chi connectivity index (χ0v) is 8.65. The number of piperidine rings is 1. The summed E-state index contributed by atoms with van der Waals surface area (Å²) in [4.78, 5) is 0. The van der Waals surface area contributed by atoms with Gasteiger partial charge in [0.15, 0.2) is 0 Å². The van der Waals surface area contributed by atoms with E-state index in [1.165, 1.54) is 0 Å². The van der Waals surface area contributed by atoms with Crippen molar-refractivity contribution in [2.45, 2.75) is 18.8 Å². The van der Waals surface area contributed by atoms with Gasteiger partial charge in [-0.15, -0.1) is 13.1 Å². The van der Waals surface area contributed by atoms with Crippen LogP contribution in [0.3, 0.4) is 0 Å². The maximum atomic E-state index is 12.1. The molecule has 0 bridgehead atoms. The zero-order valence-electron chi connectivity index (χ0n) is 5.53. The molecule has 0 unspecified atom stereocenters. The van der Waals surface area contributed by atoms with E-state index < -0.39 is 5.92 Å². The van der Waals surface area contributed by atoms with Crippen LogP contribution in [0.15, 0.2) is 0 Å². The third kappa shape index (κ3) is 4.01. The number of alkyl halides is 2. The van der Waals surface area contributed by atoms with E-state index >= 15 is 0 Å². The van der Waals surface area contributed by atoms with Crippen molar-refractivity contribution in [1.82, 2.24) is 0 Å². The Kier molecular flexibility index (Phi) is 5.06. The Balaban J connectivity index is 0.000000640. The first-order chi connectivity index (χ1) is 3.71. The number of halogens is 2. The predicted octanol–water partition coefficient (Wildman–Crippen LogP) is -1.21. The molecule has 0 spiro atoms. The molecule has 0 amide bonds. The van der Waals surface area contributed by atoms with Crippen molar-refractivity contribution in [2.75, 3.05) is 13.1 Å². The molecule has 9 heavy (non-hydrogen) atoms. The van der Waals surface area contributed by atoms with Gasteiger partial charge >= 0.3 is 51.4 Å². The molecule has 1 aliphatic rings. The van der Waals surface area contributed by atoms with Gasteiger partial charge in [-0.3, -0.25) is 0 Å². The number of hydrogen-bond acceptors (Lipinski definition) is 0. The second-order valence-electron chi connectivity index (χ2n) is 2.03. The SMILES string of the molecule is FC1(F)CC[N-]CC1.[K+]. The molecule has 4 heteroatoms. The van der Waals surface area contributed by atoms with E-state index in [1.807, 2.05) is 0 Å². The Labute approximate surface area is 96.0 Å². The minimum Gasteiger partial charge on any atom is -0.662 e. The molecule has 0 atom stereocenters. The Morgan fingerprint density at radius 2 is 1.56 bits per heavy atom. The summed E-state index contributed by atoms with van der Waals surface area (Å²) in [6.07, 6.45) is -0.0972. The third-order valence-corrected chi connectivity index (χ3v) is 1.27. The maximum absolute atomic E-state index is 12.1. The summed E-state index contributed by atoms with van der Waals surface area (Å²) in [6, 6.07) is 0. The number of nitrogens with zero attached hydrogens (tertiary/aromatic N) is 1. The molecule has 0 N–H and O–H groups in total. The van der Waals surface area contributed by atoms with Crippen LogP contribution >= 0.6 is 0 Å². The van der Waals surface area contributed by atoms with E-state index in [-0.39, 0.29) is 64.2 Å². The van der Waals surface area contributed by atoms with Crippen LogP contribution in [0, 0.1) is 0 Å². The molecule has 0 saturated carbocycles. The van der Waals surface area contributed by atoms with E-state index in [0.29, 0.717) is 13.1 Å². The van der Waals surface area contributed by atoms with Gasteiger partial charge in [-0.05, 0) is 12.8 Å². The molecule has 0 aromatic rings. The van der Waals surface area contributed by atoms with Crippen LogP contribution in [0.25, 0.3) is 5.32 Å². The minimum absolute atomic E-state index is 0. The summed E-state index contributed by atoms with van der Waals surface area (Å²) in [5.41, 5.74) is 0. The van der Waals surface area contributed by atoms with Crippen molar-refractivity contribution in [1.29, 1.82) is 0 Å². The molecule has 1 heterocycles. The molecular formula is C5H8F2KN. The summed E-state index contributed by atoms with van der Waals surface area (Å²) < 4.78 is 24.3. The molecule has 0 aromatic carbocycles. The van der Waals surface area contributed by atoms with E-state index in [4.69, 9.17) is 0 Å². The van der Waals surface area contributed by atoms with Crippen molar-refractivity contribution < 1.29 is 60.2 Å². The van der Waals surface area contributed by atoms with E-state index in [9.17, 15) is 8.78 Å². The Hall–Kier alpha value is 1.46. The van der Waals surface area contributed by atoms with Crippen molar-refractivity contribution >= 4 is 0 Å². The molecule has 0 aromatic heterocycles. The molecule has 1 rings (SSSR count). The molecule has 1 aliphatic heterocycles. The fourth-order valence-electron chi connectivity index (χ4n) is 0.722. The van der Waals surface area contributed by atoms with Crippen LogP contribution in [-0.4, -0.2) is 19.0 Å². The number of hydrogen-bond donors (Lipinski definition) is 0. The Morgan fingerprint density at radius 3 is 1.78 bits per heavy atom. The van der Waals surface area contributed by atoms with Crippen LogP contribution < -0.4 is 51.4 Å². The summed E-state index contributed by atoms with van der Waals surface area (Å²) in [7, 11) is 0. The average Bonchev–Trinajstić information content (AvgIpc) is 1.65. The summed E-state index contributed by atoms with van der Waals surface area (Å²) in [5.74, 6) is -2.41. The van der Waals surface area contributed by atoms with E-state index in [2.05, 4.69) is 5.32 Å². The van der Waals surface area contributed by atoms with Gasteiger partial charge < -0.3 is 5.32 Å². The molecule has 48 valence electrons. The molecule has 0 radical (unpaired) electrons. The normalized spacial score (nSPS) is 24.7.